The van der Waals surface area contributed by atoms with E-state index in [1.54, 1.807) is 4.90 Å². The van der Waals surface area contributed by atoms with Crippen molar-refractivity contribution in [3.05, 3.63) is 0 Å². The number of piperazine rings is 1. The lowest BCUT2D eigenvalue weighted by Gasteiger charge is -2.42. The van der Waals surface area contributed by atoms with Gasteiger partial charge in [0.15, 0.2) is 0 Å². The molecule has 1 N–H and O–H groups in total. The number of carbonyl (C=O) groups is 2. The Kier molecular flexibility index (Phi) is 3.17. The number of nitrogens with one attached hydrogen (secondary N) is 1. The Morgan fingerprint density at radius 1 is 1.38 bits per heavy atom. The van der Waals surface area contributed by atoms with Gasteiger partial charge in [0.25, 0.3) is 0 Å². The first-order chi connectivity index (χ1) is 7.59. The summed E-state index contributed by atoms with van der Waals surface area (Å²) in [4.78, 5) is 25.8. The number of fused-ring (bicyclic) bond motifs is 1. The van der Waals surface area contributed by atoms with Crippen molar-refractivity contribution in [3.63, 3.8) is 0 Å². The minimum Gasteiger partial charge on any atom is -0.342 e. The molecule has 0 aliphatic carbocycles. The van der Waals surface area contributed by atoms with Crippen LogP contribution in [0.2, 0.25) is 0 Å². The molecule has 2 saturated heterocycles. The lowest BCUT2D eigenvalue weighted by molar-refractivity contribution is -0.151. The zero-order valence-electron chi connectivity index (χ0n) is 10.0. The van der Waals surface area contributed by atoms with Crippen LogP contribution in [0.15, 0.2) is 0 Å². The molecule has 4 nitrogen and oxygen atoms in total. The molecule has 2 fully saturated rings. The predicted molar refractivity (Wildman–Crippen MR) is 60.7 cm³/mol. The fourth-order valence-electron chi connectivity index (χ4n) is 2.63. The van der Waals surface area contributed by atoms with Crippen LogP contribution < -0.4 is 5.32 Å². The van der Waals surface area contributed by atoms with E-state index in [4.69, 9.17) is 0 Å². The quantitative estimate of drug-likeness (QED) is 0.758. The summed E-state index contributed by atoms with van der Waals surface area (Å²) in [7, 11) is 0. The Labute approximate surface area is 96.4 Å². The van der Waals surface area contributed by atoms with Gasteiger partial charge in [0, 0.05) is 6.54 Å². The number of nitrogens with zero attached hydrogens (tertiary/aromatic N) is 1. The Morgan fingerprint density at radius 2 is 2.12 bits per heavy atom. The van der Waals surface area contributed by atoms with Crippen LogP contribution >= 0.6 is 0 Å². The molecule has 16 heavy (non-hydrogen) atoms. The van der Waals surface area contributed by atoms with Crippen molar-refractivity contribution < 1.29 is 9.59 Å². The van der Waals surface area contributed by atoms with E-state index in [9.17, 15) is 9.59 Å². The first-order valence-corrected chi connectivity index (χ1v) is 6.20. The zero-order chi connectivity index (χ0) is 11.7. The van der Waals surface area contributed by atoms with Gasteiger partial charge in [0.05, 0.1) is 0 Å². The van der Waals surface area contributed by atoms with Crippen LogP contribution in [0, 0.1) is 5.92 Å². The summed E-state index contributed by atoms with van der Waals surface area (Å²) >= 11 is 0. The summed E-state index contributed by atoms with van der Waals surface area (Å²) in [6.45, 7) is 4.90. The van der Waals surface area contributed by atoms with Gasteiger partial charge in [-0.25, -0.2) is 0 Å². The van der Waals surface area contributed by atoms with E-state index in [0.717, 1.165) is 32.2 Å². The second-order valence-electron chi connectivity index (χ2n) is 5.23. The fourth-order valence-corrected chi connectivity index (χ4v) is 2.63. The van der Waals surface area contributed by atoms with Crippen LogP contribution in [0.5, 0.6) is 0 Å². The largest absolute Gasteiger partial charge is 0.342 e. The van der Waals surface area contributed by atoms with Gasteiger partial charge in [-0.1, -0.05) is 13.8 Å². The predicted octanol–water partition coefficient (Wildman–Crippen LogP) is 0.912. The van der Waals surface area contributed by atoms with Gasteiger partial charge < -0.3 is 10.2 Å². The first kappa shape index (κ1) is 11.4. The molecule has 2 aliphatic rings. The summed E-state index contributed by atoms with van der Waals surface area (Å²) < 4.78 is 0. The van der Waals surface area contributed by atoms with Crippen molar-refractivity contribution in [2.45, 2.75) is 51.6 Å². The van der Waals surface area contributed by atoms with Crippen molar-refractivity contribution in [1.82, 2.24) is 10.2 Å². The summed E-state index contributed by atoms with van der Waals surface area (Å²) in [6.07, 6.45) is 3.65. The van der Waals surface area contributed by atoms with Crippen LogP contribution in [0.4, 0.5) is 0 Å². The molecule has 0 bridgehead atoms. The summed E-state index contributed by atoms with van der Waals surface area (Å²) in [5, 5.41) is 2.87. The highest BCUT2D eigenvalue weighted by molar-refractivity contribution is 5.97. The molecule has 2 aliphatic heterocycles. The minimum atomic E-state index is -0.290. The van der Waals surface area contributed by atoms with E-state index >= 15 is 0 Å². The highest BCUT2D eigenvalue weighted by Crippen LogP contribution is 2.23. The Balaban J connectivity index is 2.10. The lowest BCUT2D eigenvalue weighted by Crippen LogP contribution is -2.64. The van der Waals surface area contributed by atoms with Gasteiger partial charge in [-0.3, -0.25) is 9.59 Å². The Bertz CT molecular complexity index is 301. The smallest absolute Gasteiger partial charge is 0.245 e. The maximum Gasteiger partial charge on any atom is 0.245 e. The van der Waals surface area contributed by atoms with Gasteiger partial charge in [0.2, 0.25) is 11.8 Å². The van der Waals surface area contributed by atoms with Gasteiger partial charge >= 0.3 is 0 Å². The molecule has 2 atom stereocenters. The standard InChI is InChI=1S/C12H20N2O2/c1-8(2)7-9-12(16)14-6-4-3-5-10(14)11(15)13-9/h8-10H,3-7H2,1-2H3,(H,13,15)/t9-,10-/m0/s1. The normalized spacial score (nSPS) is 30.3. The van der Waals surface area contributed by atoms with Crippen molar-refractivity contribution in [3.8, 4) is 0 Å². The molecule has 0 aromatic carbocycles. The molecule has 2 amide bonds. The highest BCUT2D eigenvalue weighted by atomic mass is 16.2. The first-order valence-electron chi connectivity index (χ1n) is 6.20. The molecule has 0 spiro atoms. The fraction of sp³-hybridized carbons (Fsp3) is 0.833. The molecule has 2 heterocycles. The van der Waals surface area contributed by atoms with E-state index in [2.05, 4.69) is 19.2 Å². The van der Waals surface area contributed by atoms with Crippen molar-refractivity contribution in [1.29, 1.82) is 0 Å². The molecular weight excluding hydrogens is 204 g/mol. The summed E-state index contributed by atoms with van der Waals surface area (Å²) in [5.41, 5.74) is 0. The highest BCUT2D eigenvalue weighted by Gasteiger charge is 2.41. The number of amides is 2. The SMILES string of the molecule is CC(C)C[C@@H]1NC(=O)[C@@H]2CCCCN2C1=O. The van der Waals surface area contributed by atoms with E-state index < -0.39 is 0 Å². The molecule has 0 aromatic rings. The van der Waals surface area contributed by atoms with Crippen LogP contribution in [0.1, 0.15) is 39.5 Å². The second kappa shape index (κ2) is 4.44. The molecule has 0 unspecified atom stereocenters. The molecular formula is C12H20N2O2. The van der Waals surface area contributed by atoms with Crippen LogP contribution in [0.3, 0.4) is 0 Å². The van der Waals surface area contributed by atoms with Crippen molar-refractivity contribution in [2.75, 3.05) is 6.54 Å². The summed E-state index contributed by atoms with van der Waals surface area (Å²) in [5.74, 6) is 0.596. The average molecular weight is 224 g/mol. The molecule has 2 rings (SSSR count). The number of rotatable bonds is 2. The maximum absolute atomic E-state index is 12.2. The third-order valence-electron chi connectivity index (χ3n) is 3.41. The molecule has 0 saturated carbocycles. The van der Waals surface area contributed by atoms with Gasteiger partial charge in [-0.2, -0.15) is 0 Å². The number of hydrogen-bond donors (Lipinski definition) is 1. The third kappa shape index (κ3) is 2.06. The van der Waals surface area contributed by atoms with Crippen molar-refractivity contribution in [2.24, 2.45) is 5.92 Å². The monoisotopic (exact) mass is 224 g/mol. The lowest BCUT2D eigenvalue weighted by atomic mass is 9.93. The minimum absolute atomic E-state index is 0.0463. The topological polar surface area (TPSA) is 49.4 Å². The van der Waals surface area contributed by atoms with E-state index in [1.807, 2.05) is 0 Å². The van der Waals surface area contributed by atoms with Gasteiger partial charge in [-0.05, 0) is 31.6 Å². The Morgan fingerprint density at radius 3 is 2.81 bits per heavy atom. The van der Waals surface area contributed by atoms with Crippen LogP contribution in [-0.2, 0) is 9.59 Å². The summed E-state index contributed by atoms with van der Waals surface area (Å²) in [6, 6.07) is -0.480. The molecule has 0 aromatic heterocycles. The maximum atomic E-state index is 12.2. The van der Waals surface area contributed by atoms with Crippen LogP contribution in [-0.4, -0.2) is 35.3 Å². The zero-order valence-corrected chi connectivity index (χ0v) is 10.0. The average Bonchev–Trinajstić information content (AvgIpc) is 2.25. The van der Waals surface area contributed by atoms with Crippen molar-refractivity contribution >= 4 is 11.8 Å². The third-order valence-corrected chi connectivity index (χ3v) is 3.41. The van der Waals surface area contributed by atoms with Gasteiger partial charge in [-0.15, -0.1) is 0 Å². The Hall–Kier alpha value is -1.06. The van der Waals surface area contributed by atoms with E-state index in [1.165, 1.54) is 0 Å². The molecule has 90 valence electrons. The van der Waals surface area contributed by atoms with E-state index in [0.29, 0.717) is 5.92 Å². The second-order valence-corrected chi connectivity index (χ2v) is 5.23. The van der Waals surface area contributed by atoms with E-state index in [-0.39, 0.29) is 23.9 Å². The van der Waals surface area contributed by atoms with Crippen LogP contribution in [0.25, 0.3) is 0 Å². The number of carbonyl (C=O) groups excluding carboxylic acids is 2. The number of piperidine rings is 1. The molecule has 4 heteroatoms. The van der Waals surface area contributed by atoms with Gasteiger partial charge in [0.1, 0.15) is 12.1 Å². The number of hydrogen-bond acceptors (Lipinski definition) is 2. The molecule has 0 radical (unpaired) electrons.